The molecule has 10 heteroatoms. The second-order valence-corrected chi connectivity index (χ2v) is 9.47. The van der Waals surface area contributed by atoms with Crippen LogP contribution >= 0.6 is 0 Å². The molecule has 4 rings (SSSR count). The second kappa shape index (κ2) is 9.14. The van der Waals surface area contributed by atoms with Gasteiger partial charge in [0.15, 0.2) is 5.82 Å². The molecule has 0 amide bonds. The summed E-state index contributed by atoms with van der Waals surface area (Å²) in [7, 11) is -2.22. The molecule has 0 bridgehead atoms. The Morgan fingerprint density at radius 2 is 1.62 bits per heavy atom. The Hall–Kier alpha value is -3.92. The average molecular weight is 480 g/mol. The largest absolute Gasteiger partial charge is 0.496 e. The number of hydrogen-bond acceptors (Lipinski definition) is 7. The van der Waals surface area contributed by atoms with Crippen molar-refractivity contribution in [3.63, 3.8) is 0 Å². The summed E-state index contributed by atoms with van der Waals surface area (Å²) in [5.74, 6) is 2.03. The quantitative estimate of drug-likeness (QED) is 0.416. The molecule has 4 aromatic rings. The first-order valence-corrected chi connectivity index (χ1v) is 12.0. The molecule has 34 heavy (non-hydrogen) atoms. The molecule has 0 aliphatic carbocycles. The van der Waals surface area contributed by atoms with Crippen molar-refractivity contribution < 1.29 is 17.9 Å². The number of nitrogens with one attached hydrogen (secondary N) is 1. The van der Waals surface area contributed by atoms with E-state index < -0.39 is 10.0 Å². The number of benzene rings is 2. The first kappa shape index (κ1) is 23.2. The van der Waals surface area contributed by atoms with E-state index in [0.29, 0.717) is 34.4 Å². The van der Waals surface area contributed by atoms with Crippen molar-refractivity contribution in [3.8, 4) is 23.2 Å². The summed E-state index contributed by atoms with van der Waals surface area (Å²) < 4.78 is 41.1. The molecule has 0 saturated heterocycles. The van der Waals surface area contributed by atoms with Crippen molar-refractivity contribution in [1.29, 1.82) is 0 Å². The van der Waals surface area contributed by atoms with Crippen molar-refractivity contribution in [1.82, 2.24) is 20.0 Å². The Morgan fingerprint density at radius 3 is 2.21 bits per heavy atom. The summed E-state index contributed by atoms with van der Waals surface area (Å²) in [5.41, 5.74) is 3.67. The molecule has 0 spiro atoms. The van der Waals surface area contributed by atoms with Gasteiger partial charge in [-0.2, -0.15) is 5.10 Å². The van der Waals surface area contributed by atoms with E-state index in [2.05, 4.69) is 20.0 Å². The summed E-state index contributed by atoms with van der Waals surface area (Å²) in [5, 5.41) is 12.7. The van der Waals surface area contributed by atoms with Gasteiger partial charge in [-0.05, 0) is 87.4 Å². The van der Waals surface area contributed by atoms with E-state index in [-0.39, 0.29) is 4.90 Å². The summed E-state index contributed by atoms with van der Waals surface area (Å²) in [6.07, 6.45) is 0. The molecule has 0 aliphatic rings. The van der Waals surface area contributed by atoms with E-state index in [4.69, 9.17) is 9.47 Å². The lowest BCUT2D eigenvalue weighted by Gasteiger charge is -2.14. The van der Waals surface area contributed by atoms with Crippen molar-refractivity contribution in [2.75, 3.05) is 11.8 Å². The maximum atomic E-state index is 12.9. The zero-order chi connectivity index (χ0) is 24.5. The van der Waals surface area contributed by atoms with E-state index in [1.807, 2.05) is 26.8 Å². The van der Waals surface area contributed by atoms with Gasteiger partial charge in [0.2, 0.25) is 5.88 Å². The summed E-state index contributed by atoms with van der Waals surface area (Å²) in [6, 6.07) is 15.2. The minimum atomic E-state index is -3.77. The van der Waals surface area contributed by atoms with Gasteiger partial charge in [-0.1, -0.05) is 0 Å². The van der Waals surface area contributed by atoms with Gasteiger partial charge in [0.05, 0.1) is 17.7 Å². The molecular formula is C24H25N5O4S. The molecule has 2 aromatic carbocycles. The van der Waals surface area contributed by atoms with Gasteiger partial charge in [-0.25, -0.2) is 13.1 Å². The molecular weight excluding hydrogens is 454 g/mol. The summed E-state index contributed by atoms with van der Waals surface area (Å²) >= 11 is 0. The Morgan fingerprint density at radius 1 is 0.882 bits per heavy atom. The van der Waals surface area contributed by atoms with E-state index >= 15 is 0 Å². The van der Waals surface area contributed by atoms with Crippen LogP contribution in [-0.2, 0) is 10.0 Å². The SMILES string of the molecule is COc1ccc(S(=O)(=O)Nc2ccc(Oc3ccc(-n4nc(C)cc4C)nn3)cc2)c(C)c1C. The van der Waals surface area contributed by atoms with E-state index in [0.717, 1.165) is 17.0 Å². The third-order valence-corrected chi connectivity index (χ3v) is 6.90. The number of aromatic nitrogens is 4. The van der Waals surface area contributed by atoms with Crippen LogP contribution in [0.15, 0.2) is 59.5 Å². The van der Waals surface area contributed by atoms with Crippen LogP contribution in [0, 0.1) is 27.7 Å². The maximum absolute atomic E-state index is 12.9. The minimum Gasteiger partial charge on any atom is -0.496 e. The number of methoxy groups -OCH3 is 1. The molecule has 2 heterocycles. The van der Waals surface area contributed by atoms with Gasteiger partial charge < -0.3 is 9.47 Å². The number of aryl methyl sites for hydroxylation is 2. The van der Waals surface area contributed by atoms with E-state index in [1.54, 1.807) is 61.2 Å². The van der Waals surface area contributed by atoms with Crippen molar-refractivity contribution in [3.05, 3.63) is 77.1 Å². The number of rotatable bonds is 7. The van der Waals surface area contributed by atoms with Crippen molar-refractivity contribution in [2.45, 2.75) is 32.6 Å². The molecule has 9 nitrogen and oxygen atoms in total. The molecule has 0 unspecified atom stereocenters. The number of anilines is 1. The van der Waals surface area contributed by atoms with Crippen molar-refractivity contribution in [2.24, 2.45) is 0 Å². The van der Waals surface area contributed by atoms with Gasteiger partial charge in [0.25, 0.3) is 10.0 Å². The molecule has 0 saturated carbocycles. The monoisotopic (exact) mass is 479 g/mol. The van der Waals surface area contributed by atoms with Crippen LogP contribution in [0.5, 0.6) is 17.4 Å². The van der Waals surface area contributed by atoms with E-state index in [9.17, 15) is 8.42 Å². The maximum Gasteiger partial charge on any atom is 0.262 e. The third kappa shape index (κ3) is 4.72. The van der Waals surface area contributed by atoms with Crippen LogP contribution in [0.1, 0.15) is 22.5 Å². The van der Waals surface area contributed by atoms with Crippen LogP contribution in [0.2, 0.25) is 0 Å². The number of nitrogens with zero attached hydrogens (tertiary/aromatic N) is 4. The highest BCUT2D eigenvalue weighted by atomic mass is 32.2. The van der Waals surface area contributed by atoms with E-state index in [1.165, 1.54) is 6.07 Å². The minimum absolute atomic E-state index is 0.198. The lowest BCUT2D eigenvalue weighted by molar-refractivity contribution is 0.410. The molecule has 0 radical (unpaired) electrons. The fourth-order valence-corrected chi connectivity index (χ4v) is 4.91. The molecule has 0 aliphatic heterocycles. The summed E-state index contributed by atoms with van der Waals surface area (Å²) in [4.78, 5) is 0.198. The highest BCUT2D eigenvalue weighted by molar-refractivity contribution is 7.92. The smallest absolute Gasteiger partial charge is 0.262 e. The van der Waals surface area contributed by atoms with Gasteiger partial charge >= 0.3 is 0 Å². The summed E-state index contributed by atoms with van der Waals surface area (Å²) in [6.45, 7) is 7.44. The molecule has 0 atom stereocenters. The number of sulfonamides is 1. The average Bonchev–Trinajstić information content (AvgIpc) is 3.15. The van der Waals surface area contributed by atoms with Crippen molar-refractivity contribution >= 4 is 15.7 Å². The second-order valence-electron chi connectivity index (χ2n) is 7.82. The number of hydrogen-bond donors (Lipinski definition) is 1. The standard InChI is InChI=1S/C24H25N5O4S/c1-15-14-16(2)29(27-15)23-12-13-24(26-25-23)33-20-8-6-19(7-9-20)28-34(30,31)22-11-10-21(32-5)17(3)18(22)4/h6-14,28H,1-5H3. The fourth-order valence-electron chi connectivity index (χ4n) is 3.55. The zero-order valence-corrected chi connectivity index (χ0v) is 20.3. The topological polar surface area (TPSA) is 108 Å². The van der Waals surface area contributed by atoms with Gasteiger partial charge in [0.1, 0.15) is 11.5 Å². The first-order valence-electron chi connectivity index (χ1n) is 10.5. The Kier molecular flexibility index (Phi) is 6.25. The molecule has 176 valence electrons. The lowest BCUT2D eigenvalue weighted by atomic mass is 10.1. The molecule has 1 N–H and O–H groups in total. The fraction of sp³-hybridized carbons (Fsp3) is 0.208. The normalized spacial score (nSPS) is 11.3. The predicted octanol–water partition coefficient (Wildman–Crippen LogP) is 4.50. The predicted molar refractivity (Wildman–Crippen MR) is 128 cm³/mol. The van der Waals surface area contributed by atoms with Gasteiger partial charge in [-0.3, -0.25) is 4.72 Å². The highest BCUT2D eigenvalue weighted by Crippen LogP contribution is 2.29. The third-order valence-electron chi connectivity index (χ3n) is 5.38. The van der Waals surface area contributed by atoms with Crippen LogP contribution < -0.4 is 14.2 Å². The van der Waals surface area contributed by atoms with Crippen LogP contribution in [0.4, 0.5) is 5.69 Å². The Bertz CT molecular complexity index is 1430. The first-order chi connectivity index (χ1) is 16.2. The van der Waals surface area contributed by atoms with Crippen LogP contribution in [0.25, 0.3) is 5.82 Å². The van der Waals surface area contributed by atoms with Gasteiger partial charge in [-0.15, -0.1) is 10.2 Å². The van der Waals surface area contributed by atoms with Gasteiger partial charge in [0, 0.05) is 17.4 Å². The lowest BCUT2D eigenvalue weighted by Crippen LogP contribution is -2.15. The zero-order valence-electron chi connectivity index (χ0n) is 19.5. The highest BCUT2D eigenvalue weighted by Gasteiger charge is 2.19. The molecule has 0 fully saturated rings. The Labute approximate surface area is 198 Å². The van der Waals surface area contributed by atoms with Crippen LogP contribution in [0.3, 0.4) is 0 Å². The molecule has 2 aromatic heterocycles. The number of ether oxygens (including phenoxy) is 2. The Balaban J connectivity index is 1.46. The van der Waals surface area contributed by atoms with Crippen LogP contribution in [-0.4, -0.2) is 35.5 Å².